The van der Waals surface area contributed by atoms with Crippen LogP contribution in [0, 0.1) is 11.6 Å². The molecule has 0 unspecified atom stereocenters. The third-order valence-electron chi connectivity index (χ3n) is 2.38. The van der Waals surface area contributed by atoms with Gasteiger partial charge < -0.3 is 10.5 Å². The second-order valence-electron chi connectivity index (χ2n) is 5.00. The van der Waals surface area contributed by atoms with Gasteiger partial charge in [0, 0.05) is 17.7 Å². The van der Waals surface area contributed by atoms with Crippen LogP contribution in [0.15, 0.2) is 12.1 Å². The maximum absolute atomic E-state index is 13.8. The Morgan fingerprint density at radius 2 is 1.67 bits per heavy atom. The molecule has 0 radical (unpaired) electrons. The number of rotatable bonds is 4. The molecule has 0 heterocycles. The van der Waals surface area contributed by atoms with E-state index in [9.17, 15) is 8.78 Å². The minimum Gasteiger partial charge on any atom is -0.493 e. The molecule has 104 valence electrons. The van der Waals surface area contributed by atoms with E-state index in [0.717, 1.165) is 0 Å². The molecule has 2 N–H and O–H groups in total. The van der Waals surface area contributed by atoms with Crippen molar-refractivity contribution < 1.29 is 13.5 Å². The molecule has 0 fully saturated rings. The zero-order chi connectivity index (χ0) is 13.1. The van der Waals surface area contributed by atoms with Gasteiger partial charge in [-0.2, -0.15) is 0 Å². The Labute approximate surface area is 113 Å². The standard InChI is InChI=1S/C13H19F2NO.ClH/c1-13(2,3)12-10(14)7-9(8-11(12)15)17-6-4-5-16;/h7-8H,4-6,16H2,1-3H3;1H. The lowest BCUT2D eigenvalue weighted by molar-refractivity contribution is 0.308. The van der Waals surface area contributed by atoms with Crippen LogP contribution in [-0.4, -0.2) is 13.2 Å². The van der Waals surface area contributed by atoms with Crippen molar-refractivity contribution in [1.82, 2.24) is 0 Å². The summed E-state index contributed by atoms with van der Waals surface area (Å²) in [5.74, 6) is -0.929. The molecule has 0 atom stereocenters. The van der Waals surface area contributed by atoms with Crippen LogP contribution in [0.4, 0.5) is 8.78 Å². The van der Waals surface area contributed by atoms with Gasteiger partial charge in [0.25, 0.3) is 0 Å². The maximum Gasteiger partial charge on any atom is 0.133 e. The fourth-order valence-electron chi connectivity index (χ4n) is 1.62. The van der Waals surface area contributed by atoms with E-state index in [1.807, 2.05) is 0 Å². The summed E-state index contributed by atoms with van der Waals surface area (Å²) >= 11 is 0. The number of hydrogen-bond acceptors (Lipinski definition) is 2. The van der Waals surface area contributed by atoms with E-state index in [2.05, 4.69) is 0 Å². The van der Waals surface area contributed by atoms with Crippen molar-refractivity contribution in [3.63, 3.8) is 0 Å². The van der Waals surface area contributed by atoms with Crippen LogP contribution >= 0.6 is 12.4 Å². The van der Waals surface area contributed by atoms with Crippen LogP contribution in [0.3, 0.4) is 0 Å². The third kappa shape index (κ3) is 4.42. The van der Waals surface area contributed by atoms with Gasteiger partial charge in [0.05, 0.1) is 6.61 Å². The van der Waals surface area contributed by atoms with Crippen molar-refractivity contribution in [2.45, 2.75) is 32.6 Å². The molecule has 18 heavy (non-hydrogen) atoms. The van der Waals surface area contributed by atoms with Gasteiger partial charge in [-0.15, -0.1) is 12.4 Å². The lowest BCUT2D eigenvalue weighted by atomic mass is 9.86. The van der Waals surface area contributed by atoms with Gasteiger partial charge in [0.1, 0.15) is 17.4 Å². The Morgan fingerprint density at radius 3 is 2.06 bits per heavy atom. The van der Waals surface area contributed by atoms with Gasteiger partial charge in [-0.05, 0) is 18.4 Å². The summed E-state index contributed by atoms with van der Waals surface area (Å²) in [5, 5.41) is 0. The Bertz CT molecular complexity index is 368. The lowest BCUT2D eigenvalue weighted by Gasteiger charge is -2.21. The highest BCUT2D eigenvalue weighted by atomic mass is 35.5. The summed E-state index contributed by atoms with van der Waals surface area (Å²) in [5.41, 5.74) is 4.83. The summed E-state index contributed by atoms with van der Waals surface area (Å²) < 4.78 is 32.8. The highest BCUT2D eigenvalue weighted by Gasteiger charge is 2.23. The van der Waals surface area contributed by atoms with Gasteiger partial charge in [0.15, 0.2) is 0 Å². The molecule has 5 heteroatoms. The van der Waals surface area contributed by atoms with E-state index < -0.39 is 17.0 Å². The monoisotopic (exact) mass is 279 g/mol. The normalized spacial score (nSPS) is 11.0. The predicted octanol–water partition coefficient (Wildman–Crippen LogP) is 3.41. The van der Waals surface area contributed by atoms with Crippen LogP contribution in [-0.2, 0) is 5.41 Å². The van der Waals surface area contributed by atoms with E-state index in [4.69, 9.17) is 10.5 Å². The highest BCUT2D eigenvalue weighted by molar-refractivity contribution is 5.85. The summed E-state index contributed by atoms with van der Waals surface area (Å²) in [6, 6.07) is 2.44. The van der Waals surface area contributed by atoms with E-state index in [-0.39, 0.29) is 23.7 Å². The molecule has 1 aromatic carbocycles. The van der Waals surface area contributed by atoms with Gasteiger partial charge in [-0.1, -0.05) is 20.8 Å². The molecule has 0 aliphatic rings. The van der Waals surface area contributed by atoms with Crippen molar-refractivity contribution in [3.05, 3.63) is 29.3 Å². The van der Waals surface area contributed by atoms with Crippen molar-refractivity contribution in [2.75, 3.05) is 13.2 Å². The second-order valence-corrected chi connectivity index (χ2v) is 5.00. The first-order valence-electron chi connectivity index (χ1n) is 5.68. The summed E-state index contributed by atoms with van der Waals surface area (Å²) in [4.78, 5) is 0. The van der Waals surface area contributed by atoms with Gasteiger partial charge in [0.2, 0.25) is 0 Å². The number of nitrogens with two attached hydrogens (primary N) is 1. The number of benzene rings is 1. The second kappa shape index (κ2) is 6.90. The fourth-order valence-corrected chi connectivity index (χ4v) is 1.62. The van der Waals surface area contributed by atoms with Gasteiger partial charge >= 0.3 is 0 Å². The van der Waals surface area contributed by atoms with Crippen molar-refractivity contribution in [3.8, 4) is 5.75 Å². The Kier molecular flexibility index (Phi) is 6.57. The smallest absolute Gasteiger partial charge is 0.133 e. The average molecular weight is 280 g/mol. The number of hydrogen-bond donors (Lipinski definition) is 1. The highest BCUT2D eigenvalue weighted by Crippen LogP contribution is 2.30. The van der Waals surface area contributed by atoms with Gasteiger partial charge in [-0.3, -0.25) is 0 Å². The largest absolute Gasteiger partial charge is 0.493 e. The first kappa shape index (κ1) is 17.1. The molecule has 1 aromatic rings. The van der Waals surface area contributed by atoms with Crippen LogP contribution in [0.2, 0.25) is 0 Å². The average Bonchev–Trinajstić information content (AvgIpc) is 2.14. The summed E-state index contributed by atoms with van der Waals surface area (Å²) in [7, 11) is 0. The minimum atomic E-state index is -0.569. The molecule has 0 aromatic heterocycles. The summed E-state index contributed by atoms with van der Waals surface area (Å²) in [6.07, 6.45) is 0.657. The Morgan fingerprint density at radius 1 is 1.17 bits per heavy atom. The summed E-state index contributed by atoms with van der Waals surface area (Å²) in [6.45, 7) is 6.16. The number of halogens is 3. The quantitative estimate of drug-likeness (QED) is 0.857. The SMILES string of the molecule is CC(C)(C)c1c(F)cc(OCCCN)cc1F.Cl. The van der Waals surface area contributed by atoms with E-state index in [0.29, 0.717) is 19.6 Å². The van der Waals surface area contributed by atoms with Crippen molar-refractivity contribution in [1.29, 1.82) is 0 Å². The first-order valence-corrected chi connectivity index (χ1v) is 5.68. The van der Waals surface area contributed by atoms with Crippen molar-refractivity contribution in [2.24, 2.45) is 5.73 Å². The molecule has 1 rings (SSSR count). The van der Waals surface area contributed by atoms with Crippen LogP contribution < -0.4 is 10.5 Å². The van der Waals surface area contributed by atoms with Crippen molar-refractivity contribution >= 4 is 12.4 Å². The molecule has 0 saturated heterocycles. The molecule has 0 spiro atoms. The molecular formula is C13H20ClF2NO. The van der Waals surface area contributed by atoms with Crippen LogP contribution in [0.25, 0.3) is 0 Å². The van der Waals surface area contributed by atoms with E-state index in [1.54, 1.807) is 20.8 Å². The predicted molar refractivity (Wildman–Crippen MR) is 71.5 cm³/mol. The molecule has 0 aliphatic carbocycles. The zero-order valence-electron chi connectivity index (χ0n) is 10.9. The molecule has 0 bridgehead atoms. The van der Waals surface area contributed by atoms with Crippen LogP contribution in [0.1, 0.15) is 32.8 Å². The van der Waals surface area contributed by atoms with Gasteiger partial charge in [-0.25, -0.2) is 8.78 Å². The topological polar surface area (TPSA) is 35.2 Å². The molecule has 0 saturated carbocycles. The Hall–Kier alpha value is -0.870. The Balaban J connectivity index is 0.00000289. The molecule has 2 nitrogen and oxygen atoms in total. The van der Waals surface area contributed by atoms with E-state index >= 15 is 0 Å². The van der Waals surface area contributed by atoms with E-state index in [1.165, 1.54) is 12.1 Å². The zero-order valence-corrected chi connectivity index (χ0v) is 11.7. The minimum absolute atomic E-state index is 0. The molecular weight excluding hydrogens is 260 g/mol. The molecule has 0 aliphatic heterocycles. The van der Waals surface area contributed by atoms with Crippen LogP contribution in [0.5, 0.6) is 5.75 Å². The number of ether oxygens (including phenoxy) is 1. The first-order chi connectivity index (χ1) is 7.86. The lowest BCUT2D eigenvalue weighted by Crippen LogP contribution is -2.16. The molecule has 0 amide bonds. The maximum atomic E-state index is 13.8. The third-order valence-corrected chi connectivity index (χ3v) is 2.38. The fraction of sp³-hybridized carbons (Fsp3) is 0.538.